The highest BCUT2D eigenvalue weighted by atomic mass is 16.5. The lowest BCUT2D eigenvalue weighted by atomic mass is 9.92. The van der Waals surface area contributed by atoms with Gasteiger partial charge in [-0.3, -0.25) is 14.5 Å². The van der Waals surface area contributed by atoms with Gasteiger partial charge in [-0.05, 0) is 74.7 Å². The fraction of sp³-hybridized carbons (Fsp3) is 0.226. The van der Waals surface area contributed by atoms with Gasteiger partial charge < -0.3 is 4.74 Å². The Hall–Kier alpha value is -4.70. The molecule has 3 aromatic rings. The van der Waals surface area contributed by atoms with Crippen molar-refractivity contribution in [1.82, 2.24) is 14.7 Å². The second-order valence-corrected chi connectivity index (χ2v) is 9.20. The summed E-state index contributed by atoms with van der Waals surface area (Å²) in [7, 11) is 0. The van der Waals surface area contributed by atoms with E-state index >= 15 is 0 Å². The van der Waals surface area contributed by atoms with Gasteiger partial charge in [0.05, 0.1) is 11.4 Å². The van der Waals surface area contributed by atoms with Crippen LogP contribution in [0, 0.1) is 18.3 Å². The summed E-state index contributed by atoms with van der Waals surface area (Å²) in [5.41, 5.74) is 4.63. The highest BCUT2D eigenvalue weighted by molar-refractivity contribution is 6.20. The number of carbonyl (C=O) groups excluding carboxylic acids is 2. The van der Waals surface area contributed by atoms with E-state index in [4.69, 9.17) is 9.84 Å². The molecule has 1 aliphatic heterocycles. The van der Waals surface area contributed by atoms with Crippen LogP contribution in [0.1, 0.15) is 38.3 Å². The molecule has 38 heavy (non-hydrogen) atoms. The molecule has 1 atom stereocenters. The number of aromatic nitrogens is 2. The minimum absolute atomic E-state index is 0.0206. The molecule has 0 saturated carbocycles. The smallest absolute Gasteiger partial charge is 0.271 e. The summed E-state index contributed by atoms with van der Waals surface area (Å²) in [5, 5.41) is 14.6. The molecule has 1 unspecified atom stereocenters. The van der Waals surface area contributed by atoms with Crippen molar-refractivity contribution in [3.8, 4) is 28.8 Å². The third-order valence-corrected chi connectivity index (χ3v) is 6.67. The number of hydrogen-bond donors (Lipinski definition) is 0. The quantitative estimate of drug-likeness (QED) is 0.219. The fourth-order valence-electron chi connectivity index (χ4n) is 4.38. The van der Waals surface area contributed by atoms with E-state index < -0.39 is 11.8 Å². The lowest BCUT2D eigenvalue weighted by molar-refractivity contribution is -0.142. The number of hydrogen-bond acceptors (Lipinski definition) is 5. The average Bonchev–Trinajstić information content (AvgIpc) is 3.35. The molecule has 7 heteroatoms. The first kappa shape index (κ1) is 26.4. The molecule has 0 spiro atoms. The van der Waals surface area contributed by atoms with E-state index in [2.05, 4.69) is 6.58 Å². The van der Waals surface area contributed by atoms with Crippen LogP contribution in [0.4, 0.5) is 0 Å². The number of ether oxygens (including phenoxy) is 1. The largest absolute Gasteiger partial charge is 0.489 e. The van der Waals surface area contributed by atoms with Crippen molar-refractivity contribution in [2.24, 2.45) is 0 Å². The number of carbonyl (C=O) groups is 2. The first-order chi connectivity index (χ1) is 18.3. The van der Waals surface area contributed by atoms with Crippen molar-refractivity contribution in [2.45, 2.75) is 40.2 Å². The lowest BCUT2D eigenvalue weighted by Gasteiger charge is -2.31. The predicted molar refractivity (Wildman–Crippen MR) is 147 cm³/mol. The monoisotopic (exact) mass is 506 g/mol. The molecule has 2 aromatic carbocycles. The summed E-state index contributed by atoms with van der Waals surface area (Å²) >= 11 is 0. The third kappa shape index (κ3) is 4.94. The standard InChI is InChI=1S/C31H30N4O3/c1-6-15-38-28-14-13-23(16-20(28)3)29-24(19-34(33-29)25-11-9-8-10-12-25)17-26-22(5)27(18-32)31(37)35(30(26)36)21(4)7-2/h6,8-14,16-17,19,21H,1,7,15H2,2-5H3/b26-17+. The zero-order chi connectivity index (χ0) is 27.4. The van der Waals surface area contributed by atoms with Crippen molar-refractivity contribution in [2.75, 3.05) is 6.61 Å². The topological polar surface area (TPSA) is 88.2 Å². The van der Waals surface area contributed by atoms with E-state index in [9.17, 15) is 14.9 Å². The summed E-state index contributed by atoms with van der Waals surface area (Å²) < 4.78 is 7.49. The number of rotatable bonds is 8. The Labute approximate surface area is 223 Å². The maximum Gasteiger partial charge on any atom is 0.271 e. The minimum Gasteiger partial charge on any atom is -0.489 e. The highest BCUT2D eigenvalue weighted by Gasteiger charge is 2.37. The second kappa shape index (κ2) is 11.1. The van der Waals surface area contributed by atoms with E-state index in [0.29, 0.717) is 35.4 Å². The molecule has 0 radical (unpaired) electrons. The summed E-state index contributed by atoms with van der Waals surface area (Å²) in [6.45, 7) is 11.4. The SMILES string of the molecule is C=CCOc1ccc(-c2nn(-c3ccccc3)cc2/C=C2/C(=O)N(C(C)CC)C(=O)C(C#N)=C2C)cc1C. The van der Waals surface area contributed by atoms with Gasteiger partial charge in [-0.1, -0.05) is 37.8 Å². The summed E-state index contributed by atoms with van der Waals surface area (Å²) in [6.07, 6.45) is 5.86. The molecule has 2 heterocycles. The number of aryl methyl sites for hydroxylation is 1. The molecular formula is C31H30N4O3. The molecule has 2 amide bonds. The van der Waals surface area contributed by atoms with Gasteiger partial charge in [0, 0.05) is 28.9 Å². The average molecular weight is 507 g/mol. The highest BCUT2D eigenvalue weighted by Crippen LogP contribution is 2.33. The number of benzene rings is 2. The molecule has 0 saturated heterocycles. The minimum atomic E-state index is -0.549. The number of nitrogens with zero attached hydrogens (tertiary/aromatic N) is 4. The Morgan fingerprint density at radius 3 is 2.50 bits per heavy atom. The molecule has 1 aliphatic rings. The fourth-order valence-corrected chi connectivity index (χ4v) is 4.38. The lowest BCUT2D eigenvalue weighted by Crippen LogP contribution is -2.47. The van der Waals surface area contributed by atoms with Gasteiger partial charge in [0.25, 0.3) is 11.8 Å². The Balaban J connectivity index is 1.91. The third-order valence-electron chi connectivity index (χ3n) is 6.67. The summed E-state index contributed by atoms with van der Waals surface area (Å²) in [4.78, 5) is 27.7. The molecule has 0 N–H and O–H groups in total. The van der Waals surface area contributed by atoms with E-state index in [-0.39, 0.29) is 11.6 Å². The normalized spacial score (nSPS) is 15.6. The van der Waals surface area contributed by atoms with Gasteiger partial charge in [-0.2, -0.15) is 10.4 Å². The second-order valence-electron chi connectivity index (χ2n) is 9.20. The van der Waals surface area contributed by atoms with E-state index in [1.807, 2.05) is 74.6 Å². The zero-order valence-corrected chi connectivity index (χ0v) is 22.1. The molecular weight excluding hydrogens is 476 g/mol. The maximum atomic E-state index is 13.6. The van der Waals surface area contributed by atoms with Gasteiger partial charge in [-0.15, -0.1) is 0 Å². The molecule has 0 fully saturated rings. The molecule has 0 bridgehead atoms. The van der Waals surface area contributed by atoms with Crippen LogP contribution in [0.5, 0.6) is 5.75 Å². The molecule has 192 valence electrons. The van der Waals surface area contributed by atoms with Crippen molar-refractivity contribution in [3.05, 3.63) is 95.2 Å². The van der Waals surface area contributed by atoms with Crippen LogP contribution in [0.3, 0.4) is 0 Å². The van der Waals surface area contributed by atoms with Gasteiger partial charge in [0.1, 0.15) is 24.0 Å². The van der Waals surface area contributed by atoms with Crippen molar-refractivity contribution >= 4 is 17.9 Å². The Morgan fingerprint density at radius 1 is 1.13 bits per heavy atom. The van der Waals surface area contributed by atoms with Crippen LogP contribution in [0.15, 0.2) is 84.1 Å². The van der Waals surface area contributed by atoms with E-state index in [0.717, 1.165) is 22.6 Å². The van der Waals surface area contributed by atoms with Crippen molar-refractivity contribution in [3.63, 3.8) is 0 Å². The van der Waals surface area contributed by atoms with Crippen LogP contribution in [0.2, 0.25) is 0 Å². The summed E-state index contributed by atoms with van der Waals surface area (Å²) in [5.74, 6) is -0.213. The summed E-state index contributed by atoms with van der Waals surface area (Å²) in [6, 6.07) is 17.1. The van der Waals surface area contributed by atoms with Crippen LogP contribution in [-0.2, 0) is 9.59 Å². The number of imide groups is 1. The van der Waals surface area contributed by atoms with Crippen LogP contribution in [0.25, 0.3) is 23.0 Å². The van der Waals surface area contributed by atoms with Crippen LogP contribution >= 0.6 is 0 Å². The predicted octanol–water partition coefficient (Wildman–Crippen LogP) is 5.80. The molecule has 1 aromatic heterocycles. The maximum absolute atomic E-state index is 13.6. The van der Waals surface area contributed by atoms with Crippen molar-refractivity contribution in [1.29, 1.82) is 5.26 Å². The van der Waals surface area contributed by atoms with Gasteiger partial charge in [-0.25, -0.2) is 4.68 Å². The van der Waals surface area contributed by atoms with E-state index in [1.54, 1.807) is 30.7 Å². The van der Waals surface area contributed by atoms with Gasteiger partial charge in [0.2, 0.25) is 0 Å². The Morgan fingerprint density at radius 2 is 1.87 bits per heavy atom. The van der Waals surface area contributed by atoms with Gasteiger partial charge >= 0.3 is 0 Å². The van der Waals surface area contributed by atoms with E-state index in [1.165, 1.54) is 4.90 Å². The molecule has 7 nitrogen and oxygen atoms in total. The molecule has 0 aliphatic carbocycles. The number of para-hydroxylation sites is 1. The van der Waals surface area contributed by atoms with Crippen LogP contribution < -0.4 is 4.74 Å². The first-order valence-electron chi connectivity index (χ1n) is 12.5. The zero-order valence-electron chi connectivity index (χ0n) is 22.1. The van der Waals surface area contributed by atoms with Gasteiger partial charge in [0.15, 0.2) is 0 Å². The van der Waals surface area contributed by atoms with Crippen molar-refractivity contribution < 1.29 is 14.3 Å². The number of amides is 2. The Bertz CT molecular complexity index is 1510. The molecule has 4 rings (SSSR count). The number of nitriles is 1. The first-order valence-corrected chi connectivity index (χ1v) is 12.5. The Kier molecular flexibility index (Phi) is 7.73. The van der Waals surface area contributed by atoms with Crippen LogP contribution in [-0.4, -0.2) is 39.1 Å².